The van der Waals surface area contributed by atoms with Crippen LogP contribution in [0.5, 0.6) is 11.5 Å². The van der Waals surface area contributed by atoms with Crippen LogP contribution >= 0.6 is 0 Å². The number of fused-ring (bicyclic) bond motifs is 1. The smallest absolute Gasteiger partial charge is 0.317 e. The highest BCUT2D eigenvalue weighted by molar-refractivity contribution is 6.12. The molecule has 4 nitrogen and oxygen atoms in total. The summed E-state index contributed by atoms with van der Waals surface area (Å²) in [6, 6.07) is 4.37. The van der Waals surface area contributed by atoms with Gasteiger partial charge in [-0.15, -0.1) is 0 Å². The van der Waals surface area contributed by atoms with Crippen LogP contribution in [-0.2, 0) is 4.79 Å². The van der Waals surface area contributed by atoms with E-state index in [1.807, 2.05) is 0 Å². The molecule has 2 rings (SSSR count). The molecule has 2 N–H and O–H groups in total. The lowest BCUT2D eigenvalue weighted by atomic mass is 10.0. The third-order valence-electron chi connectivity index (χ3n) is 1.84. The van der Waals surface area contributed by atoms with E-state index in [1.54, 1.807) is 6.07 Å². The summed E-state index contributed by atoms with van der Waals surface area (Å²) >= 11 is 0. The Morgan fingerprint density at radius 2 is 2.23 bits per heavy atom. The molecule has 0 saturated carbocycles. The number of nitrogens with one attached hydrogen (secondary N) is 1. The summed E-state index contributed by atoms with van der Waals surface area (Å²) in [5.74, 6) is -0.161. The summed E-state index contributed by atoms with van der Waals surface area (Å²) < 4.78 is 4.84. The zero-order valence-corrected chi connectivity index (χ0v) is 6.70. The maximum Gasteiger partial charge on any atom is 0.317 e. The van der Waals surface area contributed by atoms with Gasteiger partial charge in [0.2, 0.25) is 0 Å². The number of phenols is 1. The van der Waals surface area contributed by atoms with Crippen LogP contribution in [-0.4, -0.2) is 16.8 Å². The lowest BCUT2D eigenvalue weighted by Crippen LogP contribution is -2.21. The van der Waals surface area contributed by atoms with Crippen molar-refractivity contribution >= 4 is 11.7 Å². The molecule has 0 spiro atoms. The Balaban J connectivity index is 2.55. The number of rotatable bonds is 0. The van der Waals surface area contributed by atoms with Crippen LogP contribution < -0.4 is 4.74 Å². The number of ether oxygens (including phenoxy) is 1. The van der Waals surface area contributed by atoms with E-state index >= 15 is 0 Å². The van der Waals surface area contributed by atoms with E-state index in [1.165, 1.54) is 12.1 Å². The average Bonchev–Trinajstić information content (AvgIpc) is 2.02. The Bertz CT molecular complexity index is 398. The molecule has 0 saturated heterocycles. The van der Waals surface area contributed by atoms with Crippen LogP contribution in [0.1, 0.15) is 12.0 Å². The fourth-order valence-corrected chi connectivity index (χ4v) is 1.24. The van der Waals surface area contributed by atoms with E-state index in [2.05, 4.69) is 0 Å². The summed E-state index contributed by atoms with van der Waals surface area (Å²) in [6.45, 7) is 0. The minimum atomic E-state index is -0.455. The number of phenolic OH excluding ortho intramolecular Hbond substituents is 1. The van der Waals surface area contributed by atoms with Crippen molar-refractivity contribution in [2.24, 2.45) is 0 Å². The number of hydrogen-bond donors (Lipinski definition) is 2. The standard InChI is InChI=1S/C9H7NO3/c10-7-4-9(12)13-8-3-5(11)1-2-6(7)8/h1-3,10-11H,4H2. The SMILES string of the molecule is N=C1CC(=O)Oc2cc(O)ccc21. The Morgan fingerprint density at radius 3 is 3.00 bits per heavy atom. The molecule has 0 aromatic heterocycles. The van der Waals surface area contributed by atoms with Crippen molar-refractivity contribution in [3.05, 3.63) is 23.8 Å². The first kappa shape index (κ1) is 7.79. The second-order valence-electron chi connectivity index (χ2n) is 2.81. The summed E-state index contributed by atoms with van der Waals surface area (Å²) in [7, 11) is 0. The van der Waals surface area contributed by atoms with Crippen molar-refractivity contribution in [3.63, 3.8) is 0 Å². The lowest BCUT2D eigenvalue weighted by molar-refractivity contribution is -0.133. The summed E-state index contributed by atoms with van der Waals surface area (Å²) in [5, 5.41) is 16.6. The van der Waals surface area contributed by atoms with Crippen LogP contribution in [0.3, 0.4) is 0 Å². The van der Waals surface area contributed by atoms with Crippen molar-refractivity contribution < 1.29 is 14.6 Å². The molecule has 0 fully saturated rings. The van der Waals surface area contributed by atoms with E-state index < -0.39 is 5.97 Å². The lowest BCUT2D eigenvalue weighted by Gasteiger charge is -2.15. The fourth-order valence-electron chi connectivity index (χ4n) is 1.24. The largest absolute Gasteiger partial charge is 0.508 e. The maximum absolute atomic E-state index is 10.9. The van der Waals surface area contributed by atoms with Gasteiger partial charge >= 0.3 is 5.97 Å². The third kappa shape index (κ3) is 1.26. The summed E-state index contributed by atoms with van der Waals surface area (Å²) in [5.41, 5.74) is 0.795. The Morgan fingerprint density at radius 1 is 1.46 bits per heavy atom. The molecule has 0 amide bonds. The molecular weight excluding hydrogens is 170 g/mol. The van der Waals surface area contributed by atoms with Crippen LogP contribution in [0.2, 0.25) is 0 Å². The van der Waals surface area contributed by atoms with Crippen LogP contribution in [0.15, 0.2) is 18.2 Å². The number of carbonyl (C=O) groups is 1. The highest BCUT2D eigenvalue weighted by Crippen LogP contribution is 2.28. The molecule has 1 heterocycles. The van der Waals surface area contributed by atoms with E-state index in [-0.39, 0.29) is 23.6 Å². The monoisotopic (exact) mass is 177 g/mol. The number of carbonyl (C=O) groups excluding carboxylic acids is 1. The highest BCUT2D eigenvalue weighted by atomic mass is 16.5. The number of esters is 1. The molecule has 0 radical (unpaired) electrons. The Labute approximate surface area is 74.3 Å². The molecule has 0 unspecified atom stereocenters. The van der Waals surface area contributed by atoms with E-state index in [0.717, 1.165) is 0 Å². The quantitative estimate of drug-likeness (QED) is 0.460. The van der Waals surface area contributed by atoms with E-state index in [9.17, 15) is 4.79 Å². The number of hydrogen-bond acceptors (Lipinski definition) is 4. The van der Waals surface area contributed by atoms with E-state index in [0.29, 0.717) is 5.56 Å². The Hall–Kier alpha value is -1.84. The summed E-state index contributed by atoms with van der Waals surface area (Å²) in [6.07, 6.45) is -0.00221. The molecule has 1 aromatic carbocycles. The van der Waals surface area contributed by atoms with E-state index in [4.69, 9.17) is 15.3 Å². The maximum atomic E-state index is 10.9. The molecule has 0 aliphatic carbocycles. The van der Waals surface area contributed by atoms with Gasteiger partial charge in [0.1, 0.15) is 11.5 Å². The molecule has 0 atom stereocenters. The van der Waals surface area contributed by atoms with Gasteiger partial charge in [0.05, 0.1) is 12.1 Å². The van der Waals surface area contributed by atoms with Crippen LogP contribution in [0.4, 0.5) is 0 Å². The zero-order chi connectivity index (χ0) is 9.42. The van der Waals surface area contributed by atoms with Gasteiger partial charge < -0.3 is 15.3 Å². The molecule has 4 heteroatoms. The normalized spacial score (nSPS) is 15.1. The van der Waals surface area contributed by atoms with Gasteiger partial charge in [-0.2, -0.15) is 0 Å². The van der Waals surface area contributed by atoms with Gasteiger partial charge in [-0.25, -0.2) is 0 Å². The molecule has 1 aliphatic rings. The molecule has 1 aliphatic heterocycles. The Kier molecular flexibility index (Phi) is 1.55. The first-order valence-corrected chi connectivity index (χ1v) is 3.78. The number of aromatic hydroxyl groups is 1. The zero-order valence-electron chi connectivity index (χ0n) is 6.70. The van der Waals surface area contributed by atoms with Crippen molar-refractivity contribution in [3.8, 4) is 11.5 Å². The minimum absolute atomic E-state index is 0.00221. The van der Waals surface area contributed by atoms with Crippen molar-refractivity contribution in [2.45, 2.75) is 6.42 Å². The summed E-state index contributed by atoms with van der Waals surface area (Å²) in [4.78, 5) is 10.9. The first-order chi connectivity index (χ1) is 6.16. The molecule has 1 aromatic rings. The topological polar surface area (TPSA) is 70.4 Å². The number of benzene rings is 1. The van der Waals surface area contributed by atoms with Crippen LogP contribution in [0, 0.1) is 5.41 Å². The van der Waals surface area contributed by atoms with Crippen molar-refractivity contribution in [2.75, 3.05) is 0 Å². The van der Waals surface area contributed by atoms with Gasteiger partial charge in [-0.1, -0.05) is 0 Å². The van der Waals surface area contributed by atoms with Gasteiger partial charge in [0.25, 0.3) is 0 Å². The highest BCUT2D eigenvalue weighted by Gasteiger charge is 2.21. The molecule has 13 heavy (non-hydrogen) atoms. The average molecular weight is 177 g/mol. The van der Waals surface area contributed by atoms with Gasteiger partial charge in [0.15, 0.2) is 0 Å². The van der Waals surface area contributed by atoms with Crippen molar-refractivity contribution in [1.29, 1.82) is 5.41 Å². The predicted octanol–water partition coefficient (Wildman–Crippen LogP) is 1.07. The van der Waals surface area contributed by atoms with Crippen molar-refractivity contribution in [1.82, 2.24) is 0 Å². The first-order valence-electron chi connectivity index (χ1n) is 3.78. The van der Waals surface area contributed by atoms with Gasteiger partial charge in [-0.05, 0) is 12.1 Å². The van der Waals surface area contributed by atoms with Gasteiger partial charge in [0, 0.05) is 11.6 Å². The predicted molar refractivity (Wildman–Crippen MR) is 45.2 cm³/mol. The second-order valence-corrected chi connectivity index (χ2v) is 2.81. The fraction of sp³-hybridized carbons (Fsp3) is 0.111. The third-order valence-corrected chi connectivity index (χ3v) is 1.84. The van der Waals surface area contributed by atoms with Gasteiger partial charge in [-0.3, -0.25) is 4.79 Å². The molecule has 66 valence electrons. The van der Waals surface area contributed by atoms with Crippen LogP contribution in [0.25, 0.3) is 0 Å². The molecule has 0 bridgehead atoms. The molecular formula is C9H7NO3. The second kappa shape index (κ2) is 2.58. The minimum Gasteiger partial charge on any atom is -0.508 e.